The second-order valence-electron chi connectivity index (χ2n) is 6.61. The highest BCUT2D eigenvalue weighted by Gasteiger charge is 2.28. The number of hydrogen-bond donors (Lipinski definition) is 0. The van der Waals surface area contributed by atoms with Crippen molar-refractivity contribution in [2.24, 2.45) is 5.41 Å². The SMILES string of the molecule is COC(=O)C(C)(C)CCc1cc2c(F)c(OCCCBr)c(OC)cc2s1. The van der Waals surface area contributed by atoms with Gasteiger partial charge in [0.15, 0.2) is 17.3 Å². The van der Waals surface area contributed by atoms with Gasteiger partial charge in [0, 0.05) is 26.4 Å². The van der Waals surface area contributed by atoms with Gasteiger partial charge in [-0.2, -0.15) is 0 Å². The molecule has 0 aliphatic heterocycles. The topological polar surface area (TPSA) is 44.8 Å². The molecular weight excluding hydrogens is 423 g/mol. The van der Waals surface area contributed by atoms with E-state index in [1.165, 1.54) is 25.6 Å². The molecule has 1 aromatic heterocycles. The fourth-order valence-electron chi connectivity index (χ4n) is 2.60. The van der Waals surface area contributed by atoms with Crippen molar-refractivity contribution in [1.82, 2.24) is 0 Å². The summed E-state index contributed by atoms with van der Waals surface area (Å²) in [5.41, 5.74) is -0.578. The summed E-state index contributed by atoms with van der Waals surface area (Å²) < 4.78 is 31.5. The Balaban J connectivity index is 2.27. The van der Waals surface area contributed by atoms with Crippen molar-refractivity contribution in [2.75, 3.05) is 26.2 Å². The molecule has 4 nitrogen and oxygen atoms in total. The Labute approximate surface area is 165 Å². The van der Waals surface area contributed by atoms with Gasteiger partial charge in [-0.1, -0.05) is 15.9 Å². The molecule has 0 spiro atoms. The molecule has 1 aromatic carbocycles. The Morgan fingerprint density at radius 3 is 2.65 bits per heavy atom. The quantitative estimate of drug-likeness (QED) is 0.296. The highest BCUT2D eigenvalue weighted by Crippen LogP contribution is 2.40. The van der Waals surface area contributed by atoms with E-state index in [4.69, 9.17) is 14.2 Å². The summed E-state index contributed by atoms with van der Waals surface area (Å²) in [6.07, 6.45) is 2.07. The molecule has 0 bridgehead atoms. The number of hydrogen-bond acceptors (Lipinski definition) is 5. The number of carbonyl (C=O) groups is 1. The predicted molar refractivity (Wildman–Crippen MR) is 106 cm³/mol. The molecule has 26 heavy (non-hydrogen) atoms. The lowest BCUT2D eigenvalue weighted by Crippen LogP contribution is -2.26. The lowest BCUT2D eigenvalue weighted by Gasteiger charge is -2.20. The van der Waals surface area contributed by atoms with Crippen molar-refractivity contribution in [3.63, 3.8) is 0 Å². The first-order chi connectivity index (χ1) is 12.3. The highest BCUT2D eigenvalue weighted by atomic mass is 79.9. The largest absolute Gasteiger partial charge is 0.493 e. The van der Waals surface area contributed by atoms with E-state index in [0.717, 1.165) is 21.3 Å². The summed E-state index contributed by atoms with van der Waals surface area (Å²) in [5, 5.41) is 1.31. The molecule has 2 aromatic rings. The third-order valence-electron chi connectivity index (χ3n) is 4.21. The summed E-state index contributed by atoms with van der Waals surface area (Å²) in [7, 11) is 2.90. The molecule has 0 radical (unpaired) electrons. The van der Waals surface area contributed by atoms with Crippen LogP contribution < -0.4 is 9.47 Å². The van der Waals surface area contributed by atoms with Crippen molar-refractivity contribution in [2.45, 2.75) is 33.1 Å². The average molecular weight is 447 g/mol. The molecule has 2 rings (SSSR count). The maximum Gasteiger partial charge on any atom is 0.311 e. The Morgan fingerprint density at radius 2 is 2.04 bits per heavy atom. The van der Waals surface area contributed by atoms with E-state index in [2.05, 4.69) is 15.9 Å². The molecule has 0 saturated carbocycles. The Kier molecular flexibility index (Phi) is 7.29. The van der Waals surface area contributed by atoms with E-state index in [-0.39, 0.29) is 11.7 Å². The van der Waals surface area contributed by atoms with Gasteiger partial charge >= 0.3 is 5.97 Å². The normalized spacial score (nSPS) is 11.6. The second kappa shape index (κ2) is 9.04. The van der Waals surface area contributed by atoms with Gasteiger partial charge in [-0.25, -0.2) is 4.39 Å². The molecule has 0 unspecified atom stereocenters. The van der Waals surface area contributed by atoms with Crippen LogP contribution in [0, 0.1) is 11.2 Å². The average Bonchev–Trinajstić information content (AvgIpc) is 3.04. The Hall–Kier alpha value is -1.34. The summed E-state index contributed by atoms with van der Waals surface area (Å²) in [6, 6.07) is 3.64. The maximum atomic E-state index is 14.9. The second-order valence-corrected chi connectivity index (χ2v) is 8.57. The maximum absolute atomic E-state index is 14.9. The predicted octanol–water partition coefficient (Wildman–Crippen LogP) is 5.34. The van der Waals surface area contributed by atoms with Crippen molar-refractivity contribution in [3.8, 4) is 11.5 Å². The molecule has 0 saturated heterocycles. The number of ether oxygens (including phenoxy) is 3. The van der Waals surface area contributed by atoms with Crippen LogP contribution in [-0.2, 0) is 16.0 Å². The molecule has 7 heteroatoms. The van der Waals surface area contributed by atoms with E-state index in [1.807, 2.05) is 26.0 Å². The minimum Gasteiger partial charge on any atom is -0.493 e. The fourth-order valence-corrected chi connectivity index (χ4v) is 3.92. The molecule has 0 N–H and O–H groups in total. The first-order valence-corrected chi connectivity index (χ1v) is 10.3. The van der Waals surface area contributed by atoms with Crippen LogP contribution >= 0.6 is 27.3 Å². The Morgan fingerprint density at radius 1 is 1.31 bits per heavy atom. The van der Waals surface area contributed by atoms with Gasteiger partial charge in [-0.15, -0.1) is 11.3 Å². The van der Waals surface area contributed by atoms with Gasteiger partial charge in [0.05, 0.1) is 26.2 Å². The monoisotopic (exact) mass is 446 g/mol. The van der Waals surface area contributed by atoms with Crippen LogP contribution in [0.1, 0.15) is 31.6 Å². The molecule has 0 atom stereocenters. The van der Waals surface area contributed by atoms with Crippen LogP contribution in [0.2, 0.25) is 0 Å². The minimum absolute atomic E-state index is 0.153. The number of carbonyl (C=O) groups excluding carboxylic acids is 1. The molecule has 144 valence electrons. The van der Waals surface area contributed by atoms with Crippen LogP contribution in [0.15, 0.2) is 12.1 Å². The van der Waals surface area contributed by atoms with Gasteiger partial charge in [0.25, 0.3) is 0 Å². The zero-order valence-corrected chi connectivity index (χ0v) is 17.9. The zero-order valence-electron chi connectivity index (χ0n) is 15.5. The Bertz CT molecular complexity index is 772. The summed E-state index contributed by atoms with van der Waals surface area (Å²) >= 11 is 4.84. The van der Waals surface area contributed by atoms with Crippen molar-refractivity contribution in [3.05, 3.63) is 22.8 Å². The van der Waals surface area contributed by atoms with E-state index in [9.17, 15) is 9.18 Å². The van der Waals surface area contributed by atoms with Gasteiger partial charge in [-0.3, -0.25) is 4.79 Å². The van der Waals surface area contributed by atoms with Crippen molar-refractivity contribution < 1.29 is 23.4 Å². The first kappa shape index (κ1) is 21.0. The summed E-state index contributed by atoms with van der Waals surface area (Å²) in [5.74, 6) is -0.0920. The van der Waals surface area contributed by atoms with Gasteiger partial charge in [-0.05, 0) is 39.2 Å². The first-order valence-electron chi connectivity index (χ1n) is 8.40. The summed E-state index contributed by atoms with van der Waals surface area (Å²) in [4.78, 5) is 12.8. The molecule has 0 amide bonds. The third-order valence-corrected chi connectivity index (χ3v) is 5.91. The number of esters is 1. The molecular formula is C19H24BrFO4S. The van der Waals surface area contributed by atoms with E-state index in [0.29, 0.717) is 30.6 Å². The number of aryl methyl sites for hydroxylation is 1. The molecule has 0 aliphatic carbocycles. The number of rotatable bonds is 9. The molecule has 0 fully saturated rings. The number of halogens is 2. The van der Waals surface area contributed by atoms with Crippen LogP contribution in [-0.4, -0.2) is 32.1 Å². The fraction of sp³-hybridized carbons (Fsp3) is 0.526. The van der Waals surface area contributed by atoms with Crippen LogP contribution in [0.5, 0.6) is 11.5 Å². The van der Waals surface area contributed by atoms with Gasteiger partial charge < -0.3 is 14.2 Å². The highest BCUT2D eigenvalue weighted by molar-refractivity contribution is 9.09. The van der Waals surface area contributed by atoms with Gasteiger partial charge in [0.1, 0.15) is 0 Å². The van der Waals surface area contributed by atoms with E-state index in [1.54, 1.807) is 0 Å². The van der Waals surface area contributed by atoms with Crippen LogP contribution in [0.4, 0.5) is 4.39 Å². The van der Waals surface area contributed by atoms with E-state index < -0.39 is 11.2 Å². The number of methoxy groups -OCH3 is 2. The van der Waals surface area contributed by atoms with Gasteiger partial charge in [0.2, 0.25) is 0 Å². The number of fused-ring (bicyclic) bond motifs is 1. The summed E-state index contributed by atoms with van der Waals surface area (Å²) in [6.45, 7) is 4.12. The number of thiophene rings is 1. The van der Waals surface area contributed by atoms with Crippen LogP contribution in [0.3, 0.4) is 0 Å². The smallest absolute Gasteiger partial charge is 0.311 e. The molecule has 1 heterocycles. The minimum atomic E-state index is -0.578. The van der Waals surface area contributed by atoms with Crippen molar-refractivity contribution >= 4 is 43.3 Å². The molecule has 0 aliphatic rings. The third kappa shape index (κ3) is 4.68. The van der Waals surface area contributed by atoms with Crippen molar-refractivity contribution in [1.29, 1.82) is 0 Å². The lowest BCUT2D eigenvalue weighted by atomic mass is 9.87. The number of benzene rings is 1. The number of alkyl halides is 1. The zero-order chi connectivity index (χ0) is 19.3. The van der Waals surface area contributed by atoms with Crippen LogP contribution in [0.25, 0.3) is 10.1 Å². The lowest BCUT2D eigenvalue weighted by molar-refractivity contribution is -0.151. The standard InChI is InChI=1S/C19H24BrFO4S/c1-19(2,18(22)24-4)7-6-12-10-13-15(26-12)11-14(23-3)17(16(13)21)25-9-5-8-20/h10-11H,5-9H2,1-4H3. The van der Waals surface area contributed by atoms with E-state index >= 15 is 0 Å².